The zero-order chi connectivity index (χ0) is 10.5. The van der Waals surface area contributed by atoms with Crippen molar-refractivity contribution in [1.82, 2.24) is 20.1 Å². The van der Waals surface area contributed by atoms with Crippen molar-refractivity contribution < 1.29 is 0 Å². The van der Waals surface area contributed by atoms with Gasteiger partial charge in [0.25, 0.3) is 0 Å². The molecule has 0 aliphatic heterocycles. The van der Waals surface area contributed by atoms with E-state index in [1.165, 1.54) is 25.7 Å². The zero-order valence-corrected chi connectivity index (χ0v) is 9.45. The maximum atomic E-state index is 4.29. The molecule has 15 heavy (non-hydrogen) atoms. The fraction of sp³-hybridized carbons (Fsp3) is 0.818. The summed E-state index contributed by atoms with van der Waals surface area (Å²) < 4.78 is 2.00. The van der Waals surface area contributed by atoms with E-state index in [0.29, 0.717) is 6.04 Å². The fourth-order valence-electron chi connectivity index (χ4n) is 2.19. The molecule has 1 heterocycles. The van der Waals surface area contributed by atoms with Gasteiger partial charge in [0.1, 0.15) is 12.2 Å². The third-order valence-electron chi connectivity index (χ3n) is 3.04. The fourth-order valence-corrected chi connectivity index (χ4v) is 2.19. The summed E-state index contributed by atoms with van der Waals surface area (Å²) in [7, 11) is 0. The molecule has 1 fully saturated rings. The van der Waals surface area contributed by atoms with Crippen LogP contribution in [0, 0.1) is 0 Å². The summed E-state index contributed by atoms with van der Waals surface area (Å²) in [6.45, 7) is 4.00. The largest absolute Gasteiger partial charge is 0.307 e. The molecule has 0 amide bonds. The van der Waals surface area contributed by atoms with Gasteiger partial charge in [-0.1, -0.05) is 19.8 Å². The molecule has 1 saturated carbocycles. The average molecular weight is 208 g/mol. The van der Waals surface area contributed by atoms with E-state index in [2.05, 4.69) is 22.3 Å². The molecule has 0 bridgehead atoms. The summed E-state index contributed by atoms with van der Waals surface area (Å²) >= 11 is 0. The van der Waals surface area contributed by atoms with Crippen LogP contribution in [0.4, 0.5) is 0 Å². The van der Waals surface area contributed by atoms with Gasteiger partial charge in [-0.05, 0) is 19.3 Å². The molecule has 0 aromatic carbocycles. The molecule has 4 heteroatoms. The van der Waals surface area contributed by atoms with Crippen molar-refractivity contribution in [2.24, 2.45) is 0 Å². The summed E-state index contributed by atoms with van der Waals surface area (Å²) in [4.78, 5) is 4.29. The number of rotatable bonds is 5. The smallest absolute Gasteiger partial charge is 0.140 e. The van der Waals surface area contributed by atoms with Gasteiger partial charge in [0, 0.05) is 12.6 Å². The van der Waals surface area contributed by atoms with E-state index in [4.69, 9.17) is 0 Å². The second-order valence-electron chi connectivity index (χ2n) is 4.26. The van der Waals surface area contributed by atoms with Crippen LogP contribution in [0.15, 0.2) is 6.33 Å². The average Bonchev–Trinajstić information content (AvgIpc) is 2.85. The van der Waals surface area contributed by atoms with Crippen molar-refractivity contribution in [3.05, 3.63) is 12.2 Å². The first kappa shape index (κ1) is 10.6. The highest BCUT2D eigenvalue weighted by molar-refractivity contribution is 4.86. The Bertz CT molecular complexity index is 289. The Kier molecular flexibility index (Phi) is 3.72. The second-order valence-corrected chi connectivity index (χ2v) is 4.26. The number of nitrogens with one attached hydrogen (secondary N) is 1. The van der Waals surface area contributed by atoms with Gasteiger partial charge in [-0.25, -0.2) is 9.67 Å². The van der Waals surface area contributed by atoms with Crippen LogP contribution in [0.2, 0.25) is 0 Å². The van der Waals surface area contributed by atoms with Gasteiger partial charge in [0.05, 0.1) is 6.54 Å². The van der Waals surface area contributed by atoms with Crippen molar-refractivity contribution in [3.8, 4) is 0 Å². The van der Waals surface area contributed by atoms with E-state index in [9.17, 15) is 0 Å². The standard InChI is InChI=1S/C11H20N4/c1-2-7-15-11(13-9-14-15)8-12-10-5-3-4-6-10/h9-10,12H,2-8H2,1H3. The molecule has 0 saturated heterocycles. The quantitative estimate of drug-likeness (QED) is 0.801. The summed E-state index contributed by atoms with van der Waals surface area (Å²) in [6, 6.07) is 0.705. The molecule has 0 spiro atoms. The predicted molar refractivity (Wildman–Crippen MR) is 59.4 cm³/mol. The van der Waals surface area contributed by atoms with Crippen LogP contribution < -0.4 is 5.32 Å². The zero-order valence-electron chi connectivity index (χ0n) is 9.45. The SMILES string of the molecule is CCCn1ncnc1CNC1CCCC1. The lowest BCUT2D eigenvalue weighted by atomic mass is 10.2. The van der Waals surface area contributed by atoms with Crippen LogP contribution in [-0.4, -0.2) is 20.8 Å². The highest BCUT2D eigenvalue weighted by Gasteiger charge is 2.14. The maximum Gasteiger partial charge on any atom is 0.140 e. The summed E-state index contributed by atoms with van der Waals surface area (Å²) in [6.07, 6.45) is 8.16. The van der Waals surface area contributed by atoms with Crippen molar-refractivity contribution in [3.63, 3.8) is 0 Å². The lowest BCUT2D eigenvalue weighted by molar-refractivity contribution is 0.484. The first-order valence-electron chi connectivity index (χ1n) is 6.00. The summed E-state index contributed by atoms with van der Waals surface area (Å²) in [5.41, 5.74) is 0. The van der Waals surface area contributed by atoms with Crippen LogP contribution in [0.1, 0.15) is 44.9 Å². The van der Waals surface area contributed by atoms with Gasteiger partial charge < -0.3 is 5.32 Å². The minimum atomic E-state index is 0.705. The molecular formula is C11H20N4. The van der Waals surface area contributed by atoms with E-state index < -0.39 is 0 Å². The lowest BCUT2D eigenvalue weighted by Crippen LogP contribution is -2.27. The topological polar surface area (TPSA) is 42.7 Å². The molecule has 84 valence electrons. The van der Waals surface area contributed by atoms with Gasteiger partial charge in [-0.2, -0.15) is 5.10 Å². The van der Waals surface area contributed by atoms with E-state index in [-0.39, 0.29) is 0 Å². The third-order valence-corrected chi connectivity index (χ3v) is 3.04. The first-order chi connectivity index (χ1) is 7.40. The molecule has 2 rings (SSSR count). The number of nitrogens with zero attached hydrogens (tertiary/aromatic N) is 3. The van der Waals surface area contributed by atoms with Gasteiger partial charge in [-0.3, -0.25) is 0 Å². The third kappa shape index (κ3) is 2.78. The van der Waals surface area contributed by atoms with Crippen LogP contribution in [0.5, 0.6) is 0 Å². The van der Waals surface area contributed by atoms with Gasteiger partial charge in [-0.15, -0.1) is 0 Å². The highest BCUT2D eigenvalue weighted by Crippen LogP contribution is 2.17. The summed E-state index contributed by atoms with van der Waals surface area (Å²) in [5.74, 6) is 1.07. The molecule has 1 N–H and O–H groups in total. The Balaban J connectivity index is 1.83. The number of hydrogen-bond donors (Lipinski definition) is 1. The van der Waals surface area contributed by atoms with Crippen LogP contribution in [0.3, 0.4) is 0 Å². The maximum absolute atomic E-state index is 4.29. The van der Waals surface area contributed by atoms with Gasteiger partial charge in [0.2, 0.25) is 0 Å². The monoisotopic (exact) mass is 208 g/mol. The normalized spacial score (nSPS) is 17.4. The number of aromatic nitrogens is 3. The Morgan fingerprint density at radius 1 is 1.47 bits per heavy atom. The van der Waals surface area contributed by atoms with Crippen molar-refractivity contribution in [2.45, 2.75) is 58.2 Å². The molecule has 0 atom stereocenters. The minimum absolute atomic E-state index is 0.705. The Hall–Kier alpha value is -0.900. The summed E-state index contributed by atoms with van der Waals surface area (Å²) in [5, 5.41) is 7.78. The molecule has 1 aromatic rings. The van der Waals surface area contributed by atoms with Crippen molar-refractivity contribution in [2.75, 3.05) is 0 Å². The lowest BCUT2D eigenvalue weighted by Gasteiger charge is -2.11. The van der Waals surface area contributed by atoms with Crippen LogP contribution >= 0.6 is 0 Å². The van der Waals surface area contributed by atoms with Gasteiger partial charge >= 0.3 is 0 Å². The molecule has 4 nitrogen and oxygen atoms in total. The minimum Gasteiger partial charge on any atom is -0.307 e. The second kappa shape index (κ2) is 5.26. The highest BCUT2D eigenvalue weighted by atomic mass is 15.3. The molecule has 0 radical (unpaired) electrons. The Labute approximate surface area is 91.1 Å². The van der Waals surface area contributed by atoms with Crippen LogP contribution in [-0.2, 0) is 13.1 Å². The first-order valence-corrected chi connectivity index (χ1v) is 6.00. The molecular weight excluding hydrogens is 188 g/mol. The molecule has 0 unspecified atom stereocenters. The number of aryl methyl sites for hydroxylation is 1. The van der Waals surface area contributed by atoms with Crippen LogP contribution in [0.25, 0.3) is 0 Å². The molecule has 1 aliphatic rings. The Morgan fingerprint density at radius 3 is 3.00 bits per heavy atom. The number of hydrogen-bond acceptors (Lipinski definition) is 3. The van der Waals surface area contributed by atoms with E-state index in [1.807, 2.05) is 4.68 Å². The predicted octanol–water partition coefficient (Wildman–Crippen LogP) is 1.72. The Morgan fingerprint density at radius 2 is 2.27 bits per heavy atom. The van der Waals surface area contributed by atoms with E-state index in [0.717, 1.165) is 25.3 Å². The van der Waals surface area contributed by atoms with E-state index in [1.54, 1.807) is 6.33 Å². The molecule has 1 aliphatic carbocycles. The van der Waals surface area contributed by atoms with E-state index >= 15 is 0 Å². The molecule has 1 aromatic heterocycles. The van der Waals surface area contributed by atoms with Crippen molar-refractivity contribution in [1.29, 1.82) is 0 Å². The van der Waals surface area contributed by atoms with Crippen molar-refractivity contribution >= 4 is 0 Å². The van der Waals surface area contributed by atoms with Gasteiger partial charge in [0.15, 0.2) is 0 Å².